The van der Waals surface area contributed by atoms with Gasteiger partial charge in [-0.1, -0.05) is 37.5 Å². The first-order chi connectivity index (χ1) is 10.4. The van der Waals surface area contributed by atoms with E-state index in [0.717, 1.165) is 33.5 Å². The zero-order valence-corrected chi connectivity index (χ0v) is 13.9. The van der Waals surface area contributed by atoms with Gasteiger partial charge in [0, 0.05) is 18.3 Å². The molecule has 0 amide bonds. The van der Waals surface area contributed by atoms with Gasteiger partial charge in [0.25, 0.3) is 0 Å². The van der Waals surface area contributed by atoms with E-state index >= 15 is 0 Å². The molecule has 0 aliphatic carbocycles. The van der Waals surface area contributed by atoms with Gasteiger partial charge in [-0.25, -0.2) is 0 Å². The topological polar surface area (TPSA) is 32.3 Å². The van der Waals surface area contributed by atoms with Crippen LogP contribution in [0.4, 0.5) is 0 Å². The molecule has 0 radical (unpaired) electrons. The van der Waals surface area contributed by atoms with Crippen LogP contribution in [0.5, 0.6) is 5.75 Å². The van der Waals surface area contributed by atoms with E-state index in [9.17, 15) is 5.11 Å². The smallest absolute Gasteiger partial charge is 0.123 e. The molecular formula is C20H25NO. The fraction of sp³-hybridized carbons (Fsp3) is 0.200. The van der Waals surface area contributed by atoms with Gasteiger partial charge in [-0.2, -0.15) is 0 Å². The van der Waals surface area contributed by atoms with Crippen molar-refractivity contribution < 1.29 is 5.11 Å². The molecule has 1 aromatic rings. The molecule has 0 fully saturated rings. The second kappa shape index (κ2) is 8.08. The Balaban J connectivity index is 2.95. The second-order valence-corrected chi connectivity index (χ2v) is 5.30. The predicted octanol–water partition coefficient (Wildman–Crippen LogP) is 4.81. The van der Waals surface area contributed by atoms with Gasteiger partial charge in [0.05, 0.1) is 0 Å². The van der Waals surface area contributed by atoms with Crippen LogP contribution in [0.2, 0.25) is 0 Å². The Morgan fingerprint density at radius 2 is 1.91 bits per heavy atom. The quantitative estimate of drug-likeness (QED) is 0.738. The van der Waals surface area contributed by atoms with Gasteiger partial charge in [-0.05, 0) is 61.3 Å². The molecular weight excluding hydrogens is 270 g/mol. The molecule has 1 aromatic carbocycles. The maximum Gasteiger partial charge on any atom is 0.123 e. The second-order valence-electron chi connectivity index (χ2n) is 5.30. The molecule has 2 heteroatoms. The van der Waals surface area contributed by atoms with Gasteiger partial charge in [0.2, 0.25) is 0 Å². The molecule has 2 nitrogen and oxygen atoms in total. The SMILES string of the molecule is C=C/C(=C/C=C(/C)C(=C)/C=C/c1c(C)cc(C)cc1O)NC. The standard InChI is InChI=1S/C20H25NO/c1-7-18(21-6)10-8-15(3)16(4)9-11-19-17(5)12-14(2)13-20(19)22/h7-13,21-22H,1,4H2,2-3,5-6H3/b11-9+,15-8-,18-10-. The van der Waals surface area contributed by atoms with Crippen molar-refractivity contribution in [3.63, 3.8) is 0 Å². The fourth-order valence-electron chi connectivity index (χ4n) is 2.06. The van der Waals surface area contributed by atoms with Crippen LogP contribution in [-0.2, 0) is 0 Å². The zero-order valence-electron chi connectivity index (χ0n) is 13.9. The molecule has 0 atom stereocenters. The summed E-state index contributed by atoms with van der Waals surface area (Å²) in [5.74, 6) is 0.298. The third-order valence-corrected chi connectivity index (χ3v) is 3.49. The molecule has 0 bridgehead atoms. The van der Waals surface area contributed by atoms with Gasteiger partial charge < -0.3 is 10.4 Å². The average Bonchev–Trinajstić information content (AvgIpc) is 2.46. The maximum atomic E-state index is 10.0. The highest BCUT2D eigenvalue weighted by atomic mass is 16.3. The third kappa shape index (κ3) is 4.81. The summed E-state index contributed by atoms with van der Waals surface area (Å²) in [6.07, 6.45) is 9.53. The average molecular weight is 295 g/mol. The number of phenolic OH excluding ortho intramolecular Hbond substituents is 1. The normalized spacial score (nSPS) is 12.5. The number of nitrogens with one attached hydrogen (secondary N) is 1. The molecule has 0 aliphatic heterocycles. The first-order valence-electron chi connectivity index (χ1n) is 7.25. The molecule has 0 saturated carbocycles. The number of aryl methyl sites for hydroxylation is 2. The molecule has 0 heterocycles. The first-order valence-corrected chi connectivity index (χ1v) is 7.25. The minimum absolute atomic E-state index is 0.298. The highest BCUT2D eigenvalue weighted by Crippen LogP contribution is 2.25. The number of hydrogen-bond donors (Lipinski definition) is 2. The minimum atomic E-state index is 0.298. The van der Waals surface area contributed by atoms with E-state index in [0.29, 0.717) is 5.75 Å². The summed E-state index contributed by atoms with van der Waals surface area (Å²) in [6, 6.07) is 3.82. The van der Waals surface area contributed by atoms with Gasteiger partial charge in [0.1, 0.15) is 5.75 Å². The Kier molecular flexibility index (Phi) is 6.46. The summed E-state index contributed by atoms with van der Waals surface area (Å²) in [4.78, 5) is 0. The van der Waals surface area contributed by atoms with Crippen molar-refractivity contribution >= 4 is 6.08 Å². The highest BCUT2D eigenvalue weighted by Gasteiger charge is 2.03. The minimum Gasteiger partial charge on any atom is -0.507 e. The summed E-state index contributed by atoms with van der Waals surface area (Å²) in [7, 11) is 1.86. The monoisotopic (exact) mass is 295 g/mol. The van der Waals surface area contributed by atoms with E-state index in [1.807, 2.05) is 52.1 Å². The number of phenols is 1. The van der Waals surface area contributed by atoms with Crippen LogP contribution >= 0.6 is 0 Å². The van der Waals surface area contributed by atoms with Crippen molar-refractivity contribution in [2.45, 2.75) is 20.8 Å². The molecule has 0 aliphatic rings. The van der Waals surface area contributed by atoms with Crippen molar-refractivity contribution in [1.29, 1.82) is 0 Å². The van der Waals surface area contributed by atoms with E-state index in [-0.39, 0.29) is 0 Å². The van der Waals surface area contributed by atoms with Crippen LogP contribution in [0.1, 0.15) is 23.6 Å². The van der Waals surface area contributed by atoms with E-state index < -0.39 is 0 Å². The van der Waals surface area contributed by atoms with Crippen LogP contribution in [0.25, 0.3) is 6.08 Å². The number of allylic oxidation sites excluding steroid dienone is 6. The summed E-state index contributed by atoms with van der Waals surface area (Å²) in [6.45, 7) is 13.8. The van der Waals surface area contributed by atoms with E-state index in [1.165, 1.54) is 0 Å². The molecule has 116 valence electrons. The van der Waals surface area contributed by atoms with Gasteiger partial charge in [-0.15, -0.1) is 0 Å². The van der Waals surface area contributed by atoms with Crippen LogP contribution in [-0.4, -0.2) is 12.2 Å². The Morgan fingerprint density at radius 3 is 2.45 bits per heavy atom. The molecule has 22 heavy (non-hydrogen) atoms. The summed E-state index contributed by atoms with van der Waals surface area (Å²) in [5.41, 5.74) is 5.83. The molecule has 0 saturated heterocycles. The van der Waals surface area contributed by atoms with E-state index in [2.05, 4.69) is 24.5 Å². The third-order valence-electron chi connectivity index (χ3n) is 3.49. The van der Waals surface area contributed by atoms with E-state index in [4.69, 9.17) is 0 Å². The van der Waals surface area contributed by atoms with Crippen molar-refractivity contribution in [2.75, 3.05) is 7.05 Å². The van der Waals surface area contributed by atoms with Crippen molar-refractivity contribution in [2.24, 2.45) is 0 Å². The lowest BCUT2D eigenvalue weighted by Crippen LogP contribution is -2.01. The zero-order chi connectivity index (χ0) is 16.7. The van der Waals surface area contributed by atoms with Crippen LogP contribution in [0, 0.1) is 13.8 Å². The van der Waals surface area contributed by atoms with Crippen molar-refractivity contribution in [3.05, 3.63) is 83.1 Å². The Bertz CT molecular complexity index is 637. The molecule has 2 N–H and O–H groups in total. The lowest BCUT2D eigenvalue weighted by Gasteiger charge is -2.06. The Morgan fingerprint density at radius 1 is 1.23 bits per heavy atom. The lowest BCUT2D eigenvalue weighted by molar-refractivity contribution is 0.473. The number of benzene rings is 1. The predicted molar refractivity (Wildman–Crippen MR) is 96.9 cm³/mol. The fourth-order valence-corrected chi connectivity index (χ4v) is 2.06. The Labute approximate surface area is 133 Å². The van der Waals surface area contributed by atoms with Crippen LogP contribution in [0.3, 0.4) is 0 Å². The number of rotatable bonds is 6. The Hall–Kier alpha value is -2.48. The summed E-state index contributed by atoms with van der Waals surface area (Å²) < 4.78 is 0. The van der Waals surface area contributed by atoms with Gasteiger partial charge >= 0.3 is 0 Å². The number of hydrogen-bond acceptors (Lipinski definition) is 2. The first kappa shape index (κ1) is 17.6. The van der Waals surface area contributed by atoms with Crippen molar-refractivity contribution in [3.8, 4) is 5.75 Å². The molecule has 0 spiro atoms. The molecule has 1 rings (SSSR count). The van der Waals surface area contributed by atoms with Gasteiger partial charge in [-0.3, -0.25) is 0 Å². The number of likely N-dealkylation sites (N-methyl/N-ethyl adjacent to an activating group) is 1. The summed E-state index contributed by atoms with van der Waals surface area (Å²) >= 11 is 0. The summed E-state index contributed by atoms with van der Waals surface area (Å²) in [5, 5.41) is 13.1. The number of aromatic hydroxyl groups is 1. The lowest BCUT2D eigenvalue weighted by atomic mass is 10.0. The van der Waals surface area contributed by atoms with Crippen LogP contribution in [0.15, 0.2) is 66.4 Å². The van der Waals surface area contributed by atoms with Crippen LogP contribution < -0.4 is 5.32 Å². The van der Waals surface area contributed by atoms with Gasteiger partial charge in [0.15, 0.2) is 0 Å². The maximum absolute atomic E-state index is 10.0. The largest absolute Gasteiger partial charge is 0.507 e. The van der Waals surface area contributed by atoms with Crippen molar-refractivity contribution in [1.82, 2.24) is 5.32 Å². The highest BCUT2D eigenvalue weighted by molar-refractivity contribution is 5.64. The molecule has 0 aromatic heterocycles. The van der Waals surface area contributed by atoms with E-state index in [1.54, 1.807) is 12.1 Å². The molecule has 0 unspecified atom stereocenters.